The Labute approximate surface area is 126 Å². The Kier molecular flexibility index (Phi) is 3.89. The van der Waals surface area contributed by atoms with Crippen LogP contribution in [0.4, 0.5) is 0 Å². The van der Waals surface area contributed by atoms with Gasteiger partial charge in [-0.3, -0.25) is 10.1 Å². The quantitative estimate of drug-likeness (QED) is 0.906. The zero-order chi connectivity index (χ0) is 15.0. The molecular formula is C17H24N2O2. The number of carbonyl (C=O) groups is 1. The fourth-order valence-electron chi connectivity index (χ4n) is 3.17. The number of methoxy groups -OCH3 is 1. The van der Waals surface area contributed by atoms with E-state index in [0.717, 1.165) is 30.6 Å². The first-order valence-corrected chi connectivity index (χ1v) is 7.83. The van der Waals surface area contributed by atoms with Crippen LogP contribution < -0.4 is 10.1 Å². The van der Waals surface area contributed by atoms with E-state index in [0.29, 0.717) is 12.0 Å². The van der Waals surface area contributed by atoms with Crippen LogP contribution in [-0.2, 0) is 4.79 Å². The van der Waals surface area contributed by atoms with Crippen molar-refractivity contribution >= 4 is 5.91 Å². The van der Waals surface area contributed by atoms with E-state index in [4.69, 9.17) is 4.74 Å². The number of ether oxygens (including phenoxy) is 1. The highest BCUT2D eigenvalue weighted by Crippen LogP contribution is 2.40. The van der Waals surface area contributed by atoms with Crippen molar-refractivity contribution < 1.29 is 9.53 Å². The van der Waals surface area contributed by atoms with Crippen LogP contribution in [0.2, 0.25) is 0 Å². The number of nitrogens with zero attached hydrogens (tertiary/aromatic N) is 1. The van der Waals surface area contributed by atoms with Gasteiger partial charge < -0.3 is 9.64 Å². The molecule has 2 atom stereocenters. The maximum absolute atomic E-state index is 12.7. The van der Waals surface area contributed by atoms with Gasteiger partial charge in [0.05, 0.1) is 13.2 Å². The maximum Gasteiger partial charge on any atom is 0.241 e. The van der Waals surface area contributed by atoms with E-state index >= 15 is 0 Å². The molecule has 1 heterocycles. The molecule has 0 aromatic heterocycles. The average Bonchev–Trinajstić information content (AvgIpc) is 3.25. The fourth-order valence-corrected chi connectivity index (χ4v) is 3.17. The Morgan fingerprint density at radius 2 is 2.05 bits per heavy atom. The molecule has 4 heteroatoms. The first-order valence-electron chi connectivity index (χ1n) is 7.83. The third kappa shape index (κ3) is 2.77. The Hall–Kier alpha value is -1.55. The summed E-state index contributed by atoms with van der Waals surface area (Å²) in [5.74, 6) is 1.60. The highest BCUT2D eigenvalue weighted by molar-refractivity contribution is 5.85. The van der Waals surface area contributed by atoms with Gasteiger partial charge in [0.15, 0.2) is 0 Å². The summed E-state index contributed by atoms with van der Waals surface area (Å²) >= 11 is 0. The zero-order valence-corrected chi connectivity index (χ0v) is 13.0. The number of amides is 1. The van der Waals surface area contributed by atoms with E-state index in [1.54, 1.807) is 7.11 Å². The molecule has 114 valence electrons. The number of rotatable bonds is 5. The molecule has 1 saturated carbocycles. The molecule has 1 aromatic rings. The second-order valence-electron chi connectivity index (χ2n) is 6.47. The van der Waals surface area contributed by atoms with Crippen LogP contribution >= 0.6 is 0 Å². The monoisotopic (exact) mass is 288 g/mol. The van der Waals surface area contributed by atoms with Gasteiger partial charge >= 0.3 is 0 Å². The van der Waals surface area contributed by atoms with Gasteiger partial charge in [-0.05, 0) is 31.2 Å². The standard InChI is InChI=1S/C17H24N2O2/c1-11(2)10-14-17(20)19(12-8-9-12)16(18-14)13-6-4-5-7-15(13)21-3/h4-7,11-12,14,16,18H,8-10H2,1-3H3. The molecule has 1 aromatic carbocycles. The summed E-state index contributed by atoms with van der Waals surface area (Å²) in [5, 5.41) is 3.53. The average molecular weight is 288 g/mol. The third-order valence-corrected chi connectivity index (χ3v) is 4.27. The molecule has 1 amide bonds. The highest BCUT2D eigenvalue weighted by Gasteiger charge is 2.47. The van der Waals surface area contributed by atoms with Gasteiger partial charge in [0.25, 0.3) is 0 Å². The van der Waals surface area contributed by atoms with Crippen molar-refractivity contribution in [1.82, 2.24) is 10.2 Å². The summed E-state index contributed by atoms with van der Waals surface area (Å²) in [6, 6.07) is 8.31. The largest absolute Gasteiger partial charge is 0.496 e. The summed E-state index contributed by atoms with van der Waals surface area (Å²) in [4.78, 5) is 14.8. The normalized spacial score (nSPS) is 25.7. The van der Waals surface area contributed by atoms with E-state index < -0.39 is 0 Å². The summed E-state index contributed by atoms with van der Waals surface area (Å²) in [5.41, 5.74) is 1.06. The molecule has 1 saturated heterocycles. The Bertz CT molecular complexity index is 525. The lowest BCUT2D eigenvalue weighted by atomic mass is 10.0. The van der Waals surface area contributed by atoms with Crippen molar-refractivity contribution in [2.24, 2.45) is 5.92 Å². The van der Waals surface area contributed by atoms with Gasteiger partial charge in [0.2, 0.25) is 5.91 Å². The van der Waals surface area contributed by atoms with Gasteiger partial charge in [-0.1, -0.05) is 32.0 Å². The molecule has 0 radical (unpaired) electrons. The van der Waals surface area contributed by atoms with E-state index in [1.165, 1.54) is 0 Å². The number of nitrogens with one attached hydrogen (secondary N) is 1. The van der Waals surface area contributed by atoms with Crippen LogP contribution in [0.5, 0.6) is 5.75 Å². The Morgan fingerprint density at radius 1 is 1.33 bits per heavy atom. The molecule has 0 bridgehead atoms. The molecule has 1 aliphatic carbocycles. The van der Waals surface area contributed by atoms with Crippen LogP contribution in [0.15, 0.2) is 24.3 Å². The minimum atomic E-state index is -0.0690. The lowest BCUT2D eigenvalue weighted by molar-refractivity contribution is -0.130. The lowest BCUT2D eigenvalue weighted by Gasteiger charge is -2.25. The Balaban J connectivity index is 1.90. The molecule has 2 aliphatic rings. The number of carbonyl (C=O) groups excluding carboxylic acids is 1. The van der Waals surface area contributed by atoms with Gasteiger partial charge in [-0.25, -0.2) is 0 Å². The second-order valence-corrected chi connectivity index (χ2v) is 6.47. The molecular weight excluding hydrogens is 264 g/mol. The number of benzene rings is 1. The number of hydrogen-bond donors (Lipinski definition) is 1. The van der Waals surface area contributed by atoms with E-state index in [-0.39, 0.29) is 18.1 Å². The van der Waals surface area contributed by atoms with E-state index in [1.807, 2.05) is 23.1 Å². The summed E-state index contributed by atoms with van der Waals surface area (Å²) in [7, 11) is 1.68. The highest BCUT2D eigenvalue weighted by atomic mass is 16.5. The van der Waals surface area contributed by atoms with Crippen molar-refractivity contribution in [3.8, 4) is 5.75 Å². The first kappa shape index (κ1) is 14.4. The fraction of sp³-hybridized carbons (Fsp3) is 0.588. The van der Waals surface area contributed by atoms with Crippen LogP contribution in [-0.4, -0.2) is 30.0 Å². The molecule has 21 heavy (non-hydrogen) atoms. The first-order chi connectivity index (χ1) is 10.1. The van der Waals surface area contributed by atoms with Gasteiger partial charge in [-0.15, -0.1) is 0 Å². The molecule has 2 unspecified atom stereocenters. The van der Waals surface area contributed by atoms with Gasteiger partial charge in [0, 0.05) is 11.6 Å². The van der Waals surface area contributed by atoms with Crippen molar-refractivity contribution in [2.45, 2.75) is 51.4 Å². The minimum absolute atomic E-state index is 0.0510. The van der Waals surface area contributed by atoms with Crippen LogP contribution in [0.25, 0.3) is 0 Å². The van der Waals surface area contributed by atoms with Crippen molar-refractivity contribution in [3.05, 3.63) is 29.8 Å². The predicted molar refractivity (Wildman–Crippen MR) is 82.0 cm³/mol. The van der Waals surface area contributed by atoms with Gasteiger partial charge in [-0.2, -0.15) is 0 Å². The van der Waals surface area contributed by atoms with Crippen molar-refractivity contribution in [2.75, 3.05) is 7.11 Å². The summed E-state index contributed by atoms with van der Waals surface area (Å²) in [6.07, 6.45) is 3.07. The molecule has 2 fully saturated rings. The lowest BCUT2D eigenvalue weighted by Crippen LogP contribution is -2.33. The molecule has 1 N–H and O–H groups in total. The van der Waals surface area contributed by atoms with E-state index in [9.17, 15) is 4.79 Å². The third-order valence-electron chi connectivity index (χ3n) is 4.27. The predicted octanol–water partition coefficient (Wildman–Crippen LogP) is 2.70. The summed E-state index contributed by atoms with van der Waals surface area (Å²) in [6.45, 7) is 4.32. The van der Waals surface area contributed by atoms with Crippen molar-refractivity contribution in [1.29, 1.82) is 0 Å². The minimum Gasteiger partial charge on any atom is -0.496 e. The smallest absolute Gasteiger partial charge is 0.241 e. The molecule has 3 rings (SSSR count). The molecule has 4 nitrogen and oxygen atoms in total. The summed E-state index contributed by atoms with van der Waals surface area (Å²) < 4.78 is 5.48. The Morgan fingerprint density at radius 3 is 2.67 bits per heavy atom. The molecule has 1 aliphatic heterocycles. The number of hydrogen-bond acceptors (Lipinski definition) is 3. The van der Waals surface area contributed by atoms with Gasteiger partial charge in [0.1, 0.15) is 11.9 Å². The molecule has 0 spiro atoms. The number of para-hydroxylation sites is 1. The van der Waals surface area contributed by atoms with Crippen LogP contribution in [0.3, 0.4) is 0 Å². The second kappa shape index (κ2) is 5.68. The van der Waals surface area contributed by atoms with E-state index in [2.05, 4.69) is 25.2 Å². The van der Waals surface area contributed by atoms with Crippen LogP contribution in [0.1, 0.15) is 44.8 Å². The van der Waals surface area contributed by atoms with Crippen molar-refractivity contribution in [3.63, 3.8) is 0 Å². The maximum atomic E-state index is 12.7. The topological polar surface area (TPSA) is 41.6 Å². The van der Waals surface area contributed by atoms with Crippen LogP contribution in [0, 0.1) is 5.92 Å². The zero-order valence-electron chi connectivity index (χ0n) is 13.0. The SMILES string of the molecule is COc1ccccc1C1NC(CC(C)C)C(=O)N1C1CC1.